The maximum absolute atomic E-state index is 11.2. The third kappa shape index (κ3) is 1.88. The molecule has 0 aromatic heterocycles. The van der Waals surface area contributed by atoms with E-state index in [0.717, 1.165) is 18.5 Å². The molecule has 3 N–H and O–H groups in total. The summed E-state index contributed by atoms with van der Waals surface area (Å²) in [7, 11) is 0. The van der Waals surface area contributed by atoms with Crippen LogP contribution in [0.4, 0.5) is 0 Å². The Labute approximate surface area is 89.7 Å². The second kappa shape index (κ2) is 4.03. The highest BCUT2D eigenvalue weighted by Gasteiger charge is 2.19. The van der Waals surface area contributed by atoms with Gasteiger partial charge in [-0.2, -0.15) is 0 Å². The van der Waals surface area contributed by atoms with Crippen molar-refractivity contribution < 1.29 is 4.79 Å². The number of rotatable bonds is 2. The smallest absolute Gasteiger partial charge is 0.248 e. The molecule has 1 saturated heterocycles. The first-order chi connectivity index (χ1) is 7.20. The number of carbonyl (C=O) groups excluding carboxylic acids is 1. The van der Waals surface area contributed by atoms with E-state index in [4.69, 9.17) is 5.73 Å². The third-order valence-electron chi connectivity index (χ3n) is 3.08. The summed E-state index contributed by atoms with van der Waals surface area (Å²) in [6.07, 6.45) is 2.34. The monoisotopic (exact) mass is 204 g/mol. The zero-order valence-electron chi connectivity index (χ0n) is 8.92. The molecule has 1 fully saturated rings. The van der Waals surface area contributed by atoms with Crippen molar-refractivity contribution in [2.45, 2.75) is 25.8 Å². The fourth-order valence-corrected chi connectivity index (χ4v) is 2.25. The van der Waals surface area contributed by atoms with Gasteiger partial charge in [0.2, 0.25) is 5.91 Å². The van der Waals surface area contributed by atoms with Crippen LogP contribution >= 0.6 is 0 Å². The predicted octanol–water partition coefficient (Wildman–Crippen LogP) is 1.52. The molecule has 0 aliphatic carbocycles. The molecule has 0 unspecified atom stereocenters. The lowest BCUT2D eigenvalue weighted by Crippen LogP contribution is -2.18. The van der Waals surface area contributed by atoms with E-state index in [1.807, 2.05) is 13.0 Å². The molecule has 15 heavy (non-hydrogen) atoms. The maximum Gasteiger partial charge on any atom is 0.248 e. The van der Waals surface area contributed by atoms with E-state index in [1.165, 1.54) is 12.0 Å². The number of carbonyl (C=O) groups is 1. The fourth-order valence-electron chi connectivity index (χ4n) is 2.25. The topological polar surface area (TPSA) is 55.1 Å². The summed E-state index contributed by atoms with van der Waals surface area (Å²) >= 11 is 0. The van der Waals surface area contributed by atoms with Gasteiger partial charge in [-0.15, -0.1) is 0 Å². The Bertz CT molecular complexity index is 381. The number of amides is 1. The molecule has 2 rings (SSSR count). The van der Waals surface area contributed by atoms with Crippen molar-refractivity contribution in [2.24, 2.45) is 5.73 Å². The summed E-state index contributed by atoms with van der Waals surface area (Å²) in [4.78, 5) is 11.2. The first-order valence-corrected chi connectivity index (χ1v) is 5.33. The van der Waals surface area contributed by atoms with Crippen molar-refractivity contribution >= 4 is 5.91 Å². The summed E-state index contributed by atoms with van der Waals surface area (Å²) in [5.74, 6) is -0.340. The summed E-state index contributed by atoms with van der Waals surface area (Å²) in [5, 5.41) is 3.43. The van der Waals surface area contributed by atoms with E-state index in [0.29, 0.717) is 11.6 Å². The molecule has 0 saturated carbocycles. The van der Waals surface area contributed by atoms with Gasteiger partial charge in [-0.25, -0.2) is 0 Å². The summed E-state index contributed by atoms with van der Waals surface area (Å²) < 4.78 is 0. The molecule has 1 aliphatic heterocycles. The molecule has 1 amide bonds. The van der Waals surface area contributed by atoms with Crippen LogP contribution in [-0.2, 0) is 0 Å². The molecule has 1 atom stereocenters. The molecular formula is C12H16N2O. The number of hydrogen-bond acceptors (Lipinski definition) is 2. The van der Waals surface area contributed by atoms with Gasteiger partial charge in [-0.3, -0.25) is 4.79 Å². The van der Waals surface area contributed by atoms with Crippen LogP contribution in [0.2, 0.25) is 0 Å². The molecule has 1 aromatic carbocycles. The first-order valence-electron chi connectivity index (χ1n) is 5.33. The van der Waals surface area contributed by atoms with Crippen molar-refractivity contribution in [3.05, 3.63) is 34.9 Å². The van der Waals surface area contributed by atoms with Crippen LogP contribution < -0.4 is 11.1 Å². The minimum atomic E-state index is -0.340. The average molecular weight is 204 g/mol. The minimum Gasteiger partial charge on any atom is -0.366 e. The van der Waals surface area contributed by atoms with Crippen molar-refractivity contribution in [3.63, 3.8) is 0 Å². The quantitative estimate of drug-likeness (QED) is 0.767. The Hall–Kier alpha value is -1.35. The molecule has 80 valence electrons. The van der Waals surface area contributed by atoms with Crippen LogP contribution in [0, 0.1) is 6.92 Å². The summed E-state index contributed by atoms with van der Waals surface area (Å²) in [6, 6.07) is 6.16. The van der Waals surface area contributed by atoms with E-state index in [1.54, 1.807) is 6.07 Å². The van der Waals surface area contributed by atoms with Crippen molar-refractivity contribution in [1.29, 1.82) is 0 Å². The number of primary amides is 1. The van der Waals surface area contributed by atoms with Gasteiger partial charge < -0.3 is 11.1 Å². The van der Waals surface area contributed by atoms with Crippen LogP contribution in [0.15, 0.2) is 18.2 Å². The second-order valence-corrected chi connectivity index (χ2v) is 4.03. The third-order valence-corrected chi connectivity index (χ3v) is 3.08. The van der Waals surface area contributed by atoms with Crippen LogP contribution in [0.3, 0.4) is 0 Å². The summed E-state index contributed by atoms with van der Waals surface area (Å²) in [5.41, 5.74) is 8.19. The normalized spacial score (nSPS) is 20.5. The zero-order chi connectivity index (χ0) is 10.8. The van der Waals surface area contributed by atoms with E-state index < -0.39 is 0 Å². The number of hydrogen-bond donors (Lipinski definition) is 2. The van der Waals surface area contributed by atoms with Gasteiger partial charge in [0.05, 0.1) is 0 Å². The molecule has 0 spiro atoms. The molecular weight excluding hydrogens is 188 g/mol. The molecule has 3 nitrogen and oxygen atoms in total. The van der Waals surface area contributed by atoms with Gasteiger partial charge in [0.15, 0.2) is 0 Å². The Balaban J connectivity index is 2.39. The lowest BCUT2D eigenvalue weighted by molar-refractivity contribution is 0.0999. The van der Waals surface area contributed by atoms with Crippen molar-refractivity contribution in [2.75, 3.05) is 6.54 Å². The highest BCUT2D eigenvalue weighted by atomic mass is 16.1. The van der Waals surface area contributed by atoms with Crippen molar-refractivity contribution in [3.8, 4) is 0 Å². The van der Waals surface area contributed by atoms with Crippen LogP contribution in [0.25, 0.3) is 0 Å². The van der Waals surface area contributed by atoms with Crippen LogP contribution in [0.5, 0.6) is 0 Å². The van der Waals surface area contributed by atoms with E-state index in [-0.39, 0.29) is 5.91 Å². The van der Waals surface area contributed by atoms with Crippen molar-refractivity contribution in [1.82, 2.24) is 5.32 Å². The fraction of sp³-hybridized carbons (Fsp3) is 0.417. The molecule has 1 heterocycles. The van der Waals surface area contributed by atoms with Gasteiger partial charge in [0.1, 0.15) is 0 Å². The number of nitrogens with one attached hydrogen (secondary N) is 1. The zero-order valence-corrected chi connectivity index (χ0v) is 8.92. The summed E-state index contributed by atoms with van der Waals surface area (Å²) in [6.45, 7) is 3.03. The number of benzene rings is 1. The lowest BCUT2D eigenvalue weighted by atomic mass is 9.96. The largest absolute Gasteiger partial charge is 0.366 e. The molecule has 1 aromatic rings. The molecule has 0 radical (unpaired) electrons. The first kappa shape index (κ1) is 10.2. The molecule has 0 bridgehead atoms. The van der Waals surface area contributed by atoms with Gasteiger partial charge in [-0.05, 0) is 43.5 Å². The van der Waals surface area contributed by atoms with Gasteiger partial charge >= 0.3 is 0 Å². The maximum atomic E-state index is 11.2. The highest BCUT2D eigenvalue weighted by Crippen LogP contribution is 2.27. The lowest BCUT2D eigenvalue weighted by Gasteiger charge is -2.15. The Morgan fingerprint density at radius 3 is 2.93 bits per heavy atom. The van der Waals surface area contributed by atoms with Gasteiger partial charge in [-0.1, -0.05) is 12.1 Å². The van der Waals surface area contributed by atoms with E-state index in [9.17, 15) is 4.79 Å². The Kier molecular flexibility index (Phi) is 2.73. The van der Waals surface area contributed by atoms with Gasteiger partial charge in [0.25, 0.3) is 0 Å². The second-order valence-electron chi connectivity index (χ2n) is 4.03. The van der Waals surface area contributed by atoms with Gasteiger partial charge in [0, 0.05) is 11.6 Å². The van der Waals surface area contributed by atoms with E-state index >= 15 is 0 Å². The van der Waals surface area contributed by atoms with Crippen LogP contribution in [0.1, 0.15) is 40.4 Å². The highest BCUT2D eigenvalue weighted by molar-refractivity contribution is 5.94. The standard InChI is InChI=1S/C12H16N2O/c1-8-9(11-6-3-7-14-11)4-2-5-10(8)12(13)15/h2,4-5,11,14H,3,6-7H2,1H3,(H2,13,15)/t11-/m0/s1. The minimum absolute atomic E-state index is 0.340. The predicted molar refractivity (Wildman–Crippen MR) is 59.7 cm³/mol. The Morgan fingerprint density at radius 1 is 1.53 bits per heavy atom. The number of nitrogens with two attached hydrogens (primary N) is 1. The SMILES string of the molecule is Cc1c(C(N)=O)cccc1[C@@H]1CCCN1. The average Bonchev–Trinajstić information content (AvgIpc) is 2.70. The van der Waals surface area contributed by atoms with E-state index in [2.05, 4.69) is 11.4 Å². The Morgan fingerprint density at radius 2 is 2.33 bits per heavy atom. The van der Waals surface area contributed by atoms with Crippen LogP contribution in [-0.4, -0.2) is 12.5 Å². The molecule has 3 heteroatoms. The molecule has 1 aliphatic rings.